The van der Waals surface area contributed by atoms with Crippen molar-refractivity contribution in [1.29, 1.82) is 0 Å². The maximum absolute atomic E-state index is 5.76. The molecule has 1 aliphatic heterocycles. The summed E-state index contributed by atoms with van der Waals surface area (Å²) in [5.74, 6) is 0. The smallest absolute Gasteiger partial charge is 0.0354 e. The zero-order valence-electron chi connectivity index (χ0n) is 7.27. The largest absolute Gasteiger partial charge is 0.323 e. The first-order valence-corrected chi connectivity index (χ1v) is 4.48. The molecule has 1 heterocycles. The highest BCUT2D eigenvalue weighted by Crippen LogP contribution is 2.09. The van der Waals surface area contributed by atoms with Crippen molar-refractivity contribution in [2.24, 2.45) is 5.73 Å². The molecule has 1 atom stereocenters. The van der Waals surface area contributed by atoms with Crippen LogP contribution in [0.5, 0.6) is 0 Å². The topological polar surface area (TPSA) is 38.0 Å². The number of hydrogen-bond donors (Lipinski definition) is 2. The van der Waals surface area contributed by atoms with Gasteiger partial charge in [-0.3, -0.25) is 0 Å². The second kappa shape index (κ2) is 4.52. The predicted octanol–water partition coefficient (Wildman–Crippen LogP) is 1.03. The molecule has 0 aromatic heterocycles. The van der Waals surface area contributed by atoms with E-state index in [1.165, 1.54) is 24.8 Å². The lowest BCUT2D eigenvalue weighted by atomic mass is 10.0. The Morgan fingerprint density at radius 1 is 1.73 bits per heavy atom. The van der Waals surface area contributed by atoms with E-state index in [0.29, 0.717) is 0 Å². The molecule has 0 fully saturated rings. The van der Waals surface area contributed by atoms with Crippen LogP contribution in [0.4, 0.5) is 0 Å². The van der Waals surface area contributed by atoms with Crippen LogP contribution in [0.2, 0.25) is 0 Å². The molecule has 1 unspecified atom stereocenters. The molecule has 1 aliphatic rings. The number of hydrogen-bond acceptors (Lipinski definition) is 2. The molecule has 1 rings (SSSR count). The Morgan fingerprint density at radius 2 is 2.55 bits per heavy atom. The summed E-state index contributed by atoms with van der Waals surface area (Å²) >= 11 is 0. The monoisotopic (exact) mass is 154 g/mol. The molecule has 0 spiro atoms. The summed E-state index contributed by atoms with van der Waals surface area (Å²) in [5, 5.41) is 3.30. The van der Waals surface area contributed by atoms with Gasteiger partial charge in [0.25, 0.3) is 0 Å². The summed E-state index contributed by atoms with van der Waals surface area (Å²) in [5.41, 5.74) is 7.25. The fraction of sp³-hybridized carbons (Fsp3) is 0.778. The van der Waals surface area contributed by atoms with Crippen molar-refractivity contribution in [2.75, 3.05) is 13.1 Å². The molecule has 0 aromatic carbocycles. The molecule has 3 N–H and O–H groups in total. The summed E-state index contributed by atoms with van der Waals surface area (Å²) in [6.45, 7) is 4.21. The van der Waals surface area contributed by atoms with Gasteiger partial charge >= 0.3 is 0 Å². The molecule has 0 radical (unpaired) electrons. The third-order valence-corrected chi connectivity index (χ3v) is 2.03. The fourth-order valence-corrected chi connectivity index (χ4v) is 1.40. The van der Waals surface area contributed by atoms with E-state index in [4.69, 9.17) is 5.73 Å². The summed E-state index contributed by atoms with van der Waals surface area (Å²) in [4.78, 5) is 0. The summed E-state index contributed by atoms with van der Waals surface area (Å²) < 4.78 is 0. The third-order valence-electron chi connectivity index (χ3n) is 2.03. The van der Waals surface area contributed by atoms with E-state index in [1.807, 2.05) is 0 Å². The molecule has 0 bridgehead atoms. The molecular weight excluding hydrogens is 136 g/mol. The van der Waals surface area contributed by atoms with E-state index < -0.39 is 0 Å². The van der Waals surface area contributed by atoms with Crippen molar-refractivity contribution in [3.63, 3.8) is 0 Å². The van der Waals surface area contributed by atoms with Crippen LogP contribution >= 0.6 is 0 Å². The van der Waals surface area contributed by atoms with Crippen molar-refractivity contribution in [3.8, 4) is 0 Å². The predicted molar refractivity (Wildman–Crippen MR) is 48.5 cm³/mol. The van der Waals surface area contributed by atoms with Crippen LogP contribution in [0, 0.1) is 0 Å². The Labute approximate surface area is 68.9 Å². The lowest BCUT2D eigenvalue weighted by molar-refractivity contribution is 0.610. The molecule has 2 nitrogen and oxygen atoms in total. The average Bonchev–Trinajstić information content (AvgIpc) is 2.01. The minimum absolute atomic E-state index is 0.246. The highest BCUT2D eigenvalue weighted by Gasteiger charge is 2.07. The normalized spacial score (nSPS) is 24.9. The van der Waals surface area contributed by atoms with Gasteiger partial charge in [-0.05, 0) is 12.8 Å². The molecule has 11 heavy (non-hydrogen) atoms. The van der Waals surface area contributed by atoms with Gasteiger partial charge in [-0.15, -0.1) is 0 Å². The number of nitrogens with two attached hydrogens (primary N) is 1. The van der Waals surface area contributed by atoms with Crippen LogP contribution < -0.4 is 11.1 Å². The van der Waals surface area contributed by atoms with Crippen LogP contribution in [-0.4, -0.2) is 19.1 Å². The zero-order valence-corrected chi connectivity index (χ0v) is 7.27. The van der Waals surface area contributed by atoms with Crippen LogP contribution in [0.1, 0.15) is 26.2 Å². The van der Waals surface area contributed by atoms with Crippen LogP contribution in [0.25, 0.3) is 0 Å². The van der Waals surface area contributed by atoms with Crippen molar-refractivity contribution in [3.05, 3.63) is 11.6 Å². The summed E-state index contributed by atoms with van der Waals surface area (Å²) in [6, 6.07) is 0.246. The van der Waals surface area contributed by atoms with Gasteiger partial charge in [-0.2, -0.15) is 0 Å². The highest BCUT2D eigenvalue weighted by atomic mass is 14.9. The molecule has 2 heteroatoms. The number of unbranched alkanes of at least 4 members (excludes halogenated alkanes) is 1. The third kappa shape index (κ3) is 3.04. The van der Waals surface area contributed by atoms with Crippen molar-refractivity contribution in [1.82, 2.24) is 5.32 Å². The first-order chi connectivity index (χ1) is 5.33. The van der Waals surface area contributed by atoms with Crippen molar-refractivity contribution < 1.29 is 0 Å². The van der Waals surface area contributed by atoms with E-state index in [1.54, 1.807) is 0 Å². The van der Waals surface area contributed by atoms with Crippen LogP contribution in [0.3, 0.4) is 0 Å². The Hall–Kier alpha value is -0.340. The maximum Gasteiger partial charge on any atom is 0.0354 e. The van der Waals surface area contributed by atoms with E-state index in [0.717, 1.165) is 13.1 Å². The SMILES string of the molecule is CCCCC1=CC(N)CNC1. The first kappa shape index (κ1) is 8.75. The second-order valence-electron chi connectivity index (χ2n) is 3.22. The Balaban J connectivity index is 2.31. The Morgan fingerprint density at radius 3 is 3.18 bits per heavy atom. The Bertz CT molecular complexity index is 140. The van der Waals surface area contributed by atoms with Gasteiger partial charge in [0.1, 0.15) is 0 Å². The molecule has 0 saturated heterocycles. The Kier molecular flexibility index (Phi) is 3.60. The van der Waals surface area contributed by atoms with E-state index >= 15 is 0 Å². The molecular formula is C9H18N2. The average molecular weight is 154 g/mol. The molecule has 0 amide bonds. The number of nitrogens with one attached hydrogen (secondary N) is 1. The summed E-state index contributed by atoms with van der Waals surface area (Å²) in [7, 11) is 0. The van der Waals surface area contributed by atoms with E-state index in [-0.39, 0.29) is 6.04 Å². The zero-order chi connectivity index (χ0) is 8.10. The quantitative estimate of drug-likeness (QED) is 0.596. The van der Waals surface area contributed by atoms with Gasteiger partial charge < -0.3 is 11.1 Å². The molecule has 64 valence electrons. The van der Waals surface area contributed by atoms with Gasteiger partial charge in [0, 0.05) is 19.1 Å². The lowest BCUT2D eigenvalue weighted by Crippen LogP contribution is -2.37. The van der Waals surface area contributed by atoms with Gasteiger partial charge in [0.2, 0.25) is 0 Å². The van der Waals surface area contributed by atoms with Crippen LogP contribution in [0.15, 0.2) is 11.6 Å². The summed E-state index contributed by atoms with van der Waals surface area (Å²) in [6.07, 6.45) is 6.00. The van der Waals surface area contributed by atoms with Crippen LogP contribution in [-0.2, 0) is 0 Å². The van der Waals surface area contributed by atoms with Gasteiger partial charge in [0.05, 0.1) is 0 Å². The van der Waals surface area contributed by atoms with E-state index in [9.17, 15) is 0 Å². The van der Waals surface area contributed by atoms with Crippen molar-refractivity contribution in [2.45, 2.75) is 32.2 Å². The minimum atomic E-state index is 0.246. The standard InChI is InChI=1S/C9H18N2/c1-2-3-4-8-5-9(10)7-11-6-8/h5,9,11H,2-4,6-7,10H2,1H3. The molecule has 0 aliphatic carbocycles. The second-order valence-corrected chi connectivity index (χ2v) is 3.22. The van der Waals surface area contributed by atoms with Gasteiger partial charge in [0.15, 0.2) is 0 Å². The highest BCUT2D eigenvalue weighted by molar-refractivity contribution is 5.12. The van der Waals surface area contributed by atoms with Gasteiger partial charge in [-0.25, -0.2) is 0 Å². The molecule has 0 saturated carbocycles. The first-order valence-electron chi connectivity index (χ1n) is 4.48. The van der Waals surface area contributed by atoms with Crippen molar-refractivity contribution >= 4 is 0 Å². The molecule has 0 aromatic rings. The lowest BCUT2D eigenvalue weighted by Gasteiger charge is -2.18. The van der Waals surface area contributed by atoms with E-state index in [2.05, 4.69) is 18.3 Å². The van der Waals surface area contributed by atoms with Gasteiger partial charge in [-0.1, -0.05) is 25.0 Å². The number of rotatable bonds is 3. The fourth-order valence-electron chi connectivity index (χ4n) is 1.40. The maximum atomic E-state index is 5.76. The minimum Gasteiger partial charge on any atom is -0.323 e.